The molecular formula is C24H26N4O4S. The number of fused-ring (bicyclic) bond motifs is 1. The van der Waals surface area contributed by atoms with Crippen LogP contribution in [0.15, 0.2) is 61.2 Å². The summed E-state index contributed by atoms with van der Waals surface area (Å²) in [6, 6.07) is 13.0. The molecule has 0 saturated heterocycles. The molecule has 2 heterocycles. The first kappa shape index (κ1) is 22.6. The van der Waals surface area contributed by atoms with Gasteiger partial charge in [0.2, 0.25) is 0 Å². The molecule has 9 heteroatoms. The Morgan fingerprint density at radius 2 is 1.94 bits per heavy atom. The number of rotatable bonds is 11. The Balaban J connectivity index is 1.52. The number of carbonyl (C=O) groups is 1. The molecular weight excluding hydrogens is 440 g/mol. The highest BCUT2D eigenvalue weighted by atomic mass is 32.1. The molecule has 0 atom stereocenters. The Labute approximate surface area is 196 Å². The molecule has 0 radical (unpaired) electrons. The number of para-hydroxylation sites is 1. The summed E-state index contributed by atoms with van der Waals surface area (Å²) in [5, 5.41) is 0.631. The third-order valence-electron chi connectivity index (χ3n) is 4.98. The van der Waals surface area contributed by atoms with Crippen LogP contribution in [0.2, 0.25) is 0 Å². The van der Waals surface area contributed by atoms with Gasteiger partial charge in [0, 0.05) is 25.5 Å². The highest BCUT2D eigenvalue weighted by Gasteiger charge is 2.21. The smallest absolute Gasteiger partial charge is 0.266 e. The first-order valence-electron chi connectivity index (χ1n) is 10.7. The lowest BCUT2D eigenvalue weighted by molar-refractivity contribution is -0.120. The highest BCUT2D eigenvalue weighted by Crippen LogP contribution is 2.34. The van der Waals surface area contributed by atoms with Crippen LogP contribution in [0.4, 0.5) is 5.13 Å². The van der Waals surface area contributed by atoms with Gasteiger partial charge in [0.05, 0.1) is 24.7 Å². The van der Waals surface area contributed by atoms with Gasteiger partial charge in [-0.25, -0.2) is 9.97 Å². The summed E-state index contributed by atoms with van der Waals surface area (Å²) in [6.45, 7) is 3.65. The van der Waals surface area contributed by atoms with Gasteiger partial charge in [-0.1, -0.05) is 17.4 Å². The van der Waals surface area contributed by atoms with E-state index in [9.17, 15) is 4.79 Å². The molecule has 4 aromatic rings. The minimum absolute atomic E-state index is 0.0916. The Hall–Kier alpha value is -3.59. The van der Waals surface area contributed by atoms with Gasteiger partial charge in [-0.05, 0) is 49.7 Å². The number of imidazole rings is 1. The SMILES string of the molecule is CCOc1cccc2sc(N(CCCn3ccnc3)C(=O)COc3ccc(OC)cc3)nc12. The van der Waals surface area contributed by atoms with Crippen molar-refractivity contribution in [1.29, 1.82) is 0 Å². The van der Waals surface area contributed by atoms with Gasteiger partial charge in [-0.15, -0.1) is 0 Å². The Bertz CT molecular complexity index is 1180. The zero-order valence-electron chi connectivity index (χ0n) is 18.6. The first-order valence-corrected chi connectivity index (χ1v) is 11.5. The molecule has 0 fully saturated rings. The van der Waals surface area contributed by atoms with Crippen molar-refractivity contribution in [3.8, 4) is 17.2 Å². The van der Waals surface area contributed by atoms with Crippen molar-refractivity contribution in [2.24, 2.45) is 0 Å². The van der Waals surface area contributed by atoms with Crippen LogP contribution in [0.1, 0.15) is 13.3 Å². The van der Waals surface area contributed by atoms with E-state index < -0.39 is 0 Å². The van der Waals surface area contributed by atoms with Crippen LogP contribution in [0.3, 0.4) is 0 Å². The number of methoxy groups -OCH3 is 1. The largest absolute Gasteiger partial charge is 0.497 e. The molecule has 33 heavy (non-hydrogen) atoms. The zero-order chi connectivity index (χ0) is 23.0. The topological polar surface area (TPSA) is 78.7 Å². The minimum atomic E-state index is -0.159. The van der Waals surface area contributed by atoms with Crippen LogP contribution in [0, 0.1) is 0 Å². The third-order valence-corrected chi connectivity index (χ3v) is 6.03. The number of hydrogen-bond donors (Lipinski definition) is 0. The highest BCUT2D eigenvalue weighted by molar-refractivity contribution is 7.22. The molecule has 0 spiro atoms. The maximum absolute atomic E-state index is 13.2. The third kappa shape index (κ3) is 5.61. The summed E-state index contributed by atoms with van der Waals surface area (Å²) >= 11 is 1.47. The Kier molecular flexibility index (Phi) is 7.41. The number of thiazole rings is 1. The van der Waals surface area contributed by atoms with Gasteiger partial charge < -0.3 is 18.8 Å². The van der Waals surface area contributed by atoms with Crippen LogP contribution in [-0.2, 0) is 11.3 Å². The molecule has 1 amide bonds. The molecule has 4 rings (SSSR count). The number of aromatic nitrogens is 3. The number of benzene rings is 2. The number of ether oxygens (including phenoxy) is 3. The van der Waals surface area contributed by atoms with Crippen molar-refractivity contribution in [3.63, 3.8) is 0 Å². The average molecular weight is 467 g/mol. The van der Waals surface area contributed by atoms with E-state index in [4.69, 9.17) is 19.2 Å². The number of nitrogens with zero attached hydrogens (tertiary/aromatic N) is 4. The van der Waals surface area contributed by atoms with Gasteiger partial charge in [0.1, 0.15) is 22.8 Å². The van der Waals surface area contributed by atoms with Crippen LogP contribution in [0.25, 0.3) is 10.2 Å². The van der Waals surface area contributed by atoms with E-state index >= 15 is 0 Å². The van der Waals surface area contributed by atoms with E-state index in [0.29, 0.717) is 24.0 Å². The van der Waals surface area contributed by atoms with E-state index in [-0.39, 0.29) is 12.5 Å². The number of hydrogen-bond acceptors (Lipinski definition) is 7. The standard InChI is InChI=1S/C24H26N4O4S/c1-3-31-20-6-4-7-21-23(20)26-24(33-21)28(14-5-13-27-15-12-25-17-27)22(29)16-32-19-10-8-18(30-2)9-11-19/h4,6-12,15,17H,3,5,13-14,16H2,1-2H3. The van der Waals surface area contributed by atoms with Gasteiger partial charge in [-0.2, -0.15) is 0 Å². The fourth-order valence-corrected chi connectivity index (χ4v) is 4.38. The van der Waals surface area contributed by atoms with Gasteiger partial charge in [0.25, 0.3) is 5.91 Å². The second-order valence-corrected chi connectivity index (χ2v) is 8.21. The molecule has 0 unspecified atom stereocenters. The van der Waals surface area contributed by atoms with Crippen LogP contribution >= 0.6 is 11.3 Å². The maximum atomic E-state index is 13.2. The van der Waals surface area contributed by atoms with Gasteiger partial charge in [0.15, 0.2) is 11.7 Å². The number of amides is 1. The quantitative estimate of drug-likeness (QED) is 0.326. The van der Waals surface area contributed by atoms with Gasteiger partial charge in [-0.3, -0.25) is 9.69 Å². The summed E-state index contributed by atoms with van der Waals surface area (Å²) in [6.07, 6.45) is 6.17. The lowest BCUT2D eigenvalue weighted by Gasteiger charge is -2.20. The van der Waals surface area contributed by atoms with E-state index in [0.717, 1.165) is 34.7 Å². The maximum Gasteiger partial charge on any atom is 0.266 e. The fourth-order valence-electron chi connectivity index (χ4n) is 3.35. The summed E-state index contributed by atoms with van der Waals surface area (Å²) in [7, 11) is 1.61. The summed E-state index contributed by atoms with van der Waals surface area (Å²) in [5.74, 6) is 1.89. The molecule has 0 aliphatic heterocycles. The zero-order valence-corrected chi connectivity index (χ0v) is 19.5. The summed E-state index contributed by atoms with van der Waals surface area (Å²) in [5.41, 5.74) is 0.767. The molecule has 2 aromatic carbocycles. The molecule has 2 aromatic heterocycles. The van der Waals surface area contributed by atoms with E-state index in [1.54, 1.807) is 48.8 Å². The Morgan fingerprint density at radius 3 is 2.67 bits per heavy atom. The van der Waals surface area contributed by atoms with Crippen molar-refractivity contribution in [2.75, 3.05) is 31.8 Å². The van der Waals surface area contributed by atoms with Crippen molar-refractivity contribution >= 4 is 32.6 Å². The number of carbonyl (C=O) groups excluding carboxylic acids is 1. The second-order valence-electron chi connectivity index (χ2n) is 7.20. The van der Waals surface area contributed by atoms with E-state index in [2.05, 4.69) is 4.98 Å². The molecule has 0 aliphatic carbocycles. The Morgan fingerprint density at radius 1 is 1.12 bits per heavy atom. The summed E-state index contributed by atoms with van der Waals surface area (Å²) in [4.78, 5) is 23.7. The monoisotopic (exact) mass is 466 g/mol. The van der Waals surface area contributed by atoms with E-state index in [1.807, 2.05) is 35.9 Å². The van der Waals surface area contributed by atoms with Crippen LogP contribution in [-0.4, -0.2) is 47.3 Å². The van der Waals surface area contributed by atoms with E-state index in [1.165, 1.54) is 11.3 Å². The molecule has 0 N–H and O–H groups in total. The molecule has 0 aliphatic rings. The molecule has 0 saturated carbocycles. The first-order chi connectivity index (χ1) is 16.2. The van der Waals surface area contributed by atoms with Crippen molar-refractivity contribution < 1.29 is 19.0 Å². The number of anilines is 1. The van der Waals surface area contributed by atoms with Crippen molar-refractivity contribution in [2.45, 2.75) is 19.9 Å². The van der Waals surface area contributed by atoms with Crippen molar-refractivity contribution in [1.82, 2.24) is 14.5 Å². The normalized spacial score (nSPS) is 10.8. The lowest BCUT2D eigenvalue weighted by atomic mass is 10.3. The molecule has 0 bridgehead atoms. The van der Waals surface area contributed by atoms with Crippen LogP contribution in [0.5, 0.6) is 17.2 Å². The second kappa shape index (κ2) is 10.8. The fraction of sp³-hybridized carbons (Fsp3) is 0.292. The molecule has 8 nitrogen and oxygen atoms in total. The summed E-state index contributed by atoms with van der Waals surface area (Å²) < 4.78 is 19.6. The van der Waals surface area contributed by atoms with Crippen LogP contribution < -0.4 is 19.1 Å². The van der Waals surface area contributed by atoms with Gasteiger partial charge >= 0.3 is 0 Å². The lowest BCUT2D eigenvalue weighted by Crippen LogP contribution is -2.36. The predicted molar refractivity (Wildman–Crippen MR) is 128 cm³/mol. The average Bonchev–Trinajstić information content (AvgIpc) is 3.51. The minimum Gasteiger partial charge on any atom is -0.497 e. The molecule has 172 valence electrons. The van der Waals surface area contributed by atoms with Crippen molar-refractivity contribution in [3.05, 3.63) is 61.2 Å². The predicted octanol–water partition coefficient (Wildman–Crippen LogP) is 4.40. The number of aryl methyl sites for hydroxylation is 1.